The van der Waals surface area contributed by atoms with E-state index in [1.807, 2.05) is 0 Å². The van der Waals surface area contributed by atoms with E-state index in [2.05, 4.69) is 5.16 Å². The minimum atomic E-state index is -3.68. The average Bonchev–Trinajstić information content (AvgIpc) is 2.86. The number of nitrogens with zero attached hydrogens (tertiary/aromatic N) is 2. The van der Waals surface area contributed by atoms with Gasteiger partial charge in [0, 0.05) is 12.6 Å². The van der Waals surface area contributed by atoms with Crippen LogP contribution in [0.15, 0.2) is 10.6 Å². The van der Waals surface area contributed by atoms with Crippen LogP contribution in [-0.4, -0.2) is 41.5 Å². The van der Waals surface area contributed by atoms with Gasteiger partial charge >= 0.3 is 5.97 Å². The van der Waals surface area contributed by atoms with Gasteiger partial charge in [0.1, 0.15) is 11.8 Å². The predicted octanol–water partition coefficient (Wildman–Crippen LogP) is 0.362. The number of hydrogen-bond acceptors (Lipinski definition) is 5. The van der Waals surface area contributed by atoms with Gasteiger partial charge in [0.15, 0.2) is 5.76 Å². The average molecular weight is 274 g/mol. The molecular formula is C10H14N2O5S. The Morgan fingerprint density at radius 2 is 2.39 bits per heavy atom. The zero-order valence-corrected chi connectivity index (χ0v) is 10.7. The summed E-state index contributed by atoms with van der Waals surface area (Å²) in [7, 11) is -3.68. The second-order valence-electron chi connectivity index (χ2n) is 4.30. The van der Waals surface area contributed by atoms with Crippen LogP contribution >= 0.6 is 0 Å². The smallest absolute Gasteiger partial charge is 0.322 e. The molecule has 8 heteroatoms. The number of carboxylic acid groups (broad SMARTS) is 1. The first kappa shape index (κ1) is 13.0. The Labute approximate surface area is 104 Å². The molecule has 0 radical (unpaired) electrons. The normalized spacial score (nSPS) is 21.3. The molecule has 1 aromatic rings. The summed E-state index contributed by atoms with van der Waals surface area (Å²) in [5.74, 6) is -1.23. The summed E-state index contributed by atoms with van der Waals surface area (Å²) in [6, 6.07) is 0.572. The molecule has 18 heavy (non-hydrogen) atoms. The van der Waals surface area contributed by atoms with Gasteiger partial charge in [-0.05, 0) is 19.8 Å². The minimum Gasteiger partial charge on any atom is -0.480 e. The monoisotopic (exact) mass is 274 g/mol. The maximum Gasteiger partial charge on any atom is 0.322 e. The zero-order chi connectivity index (χ0) is 13.3. The largest absolute Gasteiger partial charge is 0.480 e. The highest BCUT2D eigenvalue weighted by molar-refractivity contribution is 7.88. The summed E-state index contributed by atoms with van der Waals surface area (Å²) in [5.41, 5.74) is 0.594. The molecule has 0 aliphatic carbocycles. The van der Waals surface area contributed by atoms with E-state index < -0.39 is 22.0 Å². The molecule has 0 spiro atoms. The van der Waals surface area contributed by atoms with Crippen molar-refractivity contribution in [3.8, 4) is 0 Å². The maximum absolute atomic E-state index is 12.1. The van der Waals surface area contributed by atoms with E-state index >= 15 is 0 Å². The van der Waals surface area contributed by atoms with Crippen LogP contribution in [0, 0.1) is 6.92 Å². The minimum absolute atomic E-state index is 0.225. The molecule has 1 atom stereocenters. The first-order chi connectivity index (χ1) is 8.40. The van der Waals surface area contributed by atoms with Gasteiger partial charge in [-0.1, -0.05) is 5.16 Å². The van der Waals surface area contributed by atoms with Crippen molar-refractivity contribution >= 4 is 16.0 Å². The number of carbonyl (C=O) groups is 1. The summed E-state index contributed by atoms with van der Waals surface area (Å²) in [4.78, 5) is 11.0. The Hall–Kier alpha value is -1.41. The lowest BCUT2D eigenvalue weighted by molar-refractivity contribution is -0.140. The summed E-state index contributed by atoms with van der Waals surface area (Å²) in [6.45, 7) is 1.93. The van der Waals surface area contributed by atoms with Crippen LogP contribution in [-0.2, 0) is 20.6 Å². The Kier molecular flexibility index (Phi) is 3.40. The molecule has 1 aliphatic heterocycles. The van der Waals surface area contributed by atoms with E-state index in [4.69, 9.17) is 9.63 Å². The molecule has 1 saturated heterocycles. The molecule has 1 N–H and O–H groups in total. The standard InChI is InChI=1S/C10H14N2O5S/c1-7-5-8(17-11-7)6-18(15,16)12-4-2-3-9(12)10(13)14/h5,9H,2-4,6H2,1H3,(H,13,14)/t9-/m1/s1. The number of aromatic nitrogens is 1. The van der Waals surface area contributed by atoms with Crippen LogP contribution < -0.4 is 0 Å². The van der Waals surface area contributed by atoms with E-state index in [9.17, 15) is 13.2 Å². The van der Waals surface area contributed by atoms with Crippen molar-refractivity contribution < 1.29 is 22.8 Å². The SMILES string of the molecule is Cc1cc(CS(=O)(=O)N2CCC[C@@H]2C(=O)O)on1. The molecule has 1 aromatic heterocycles. The number of aryl methyl sites for hydroxylation is 1. The van der Waals surface area contributed by atoms with Crippen LogP contribution in [0.1, 0.15) is 24.3 Å². The van der Waals surface area contributed by atoms with Crippen molar-refractivity contribution in [3.63, 3.8) is 0 Å². The fraction of sp³-hybridized carbons (Fsp3) is 0.600. The highest BCUT2D eigenvalue weighted by Gasteiger charge is 2.39. The maximum atomic E-state index is 12.1. The Morgan fingerprint density at radius 1 is 1.67 bits per heavy atom. The van der Waals surface area contributed by atoms with Gasteiger partial charge in [0.2, 0.25) is 10.0 Å². The van der Waals surface area contributed by atoms with Crippen molar-refractivity contribution in [1.29, 1.82) is 0 Å². The Bertz CT molecular complexity index is 550. The molecule has 0 unspecified atom stereocenters. The number of aliphatic carboxylic acids is 1. The lowest BCUT2D eigenvalue weighted by atomic mass is 10.2. The molecule has 0 aromatic carbocycles. The van der Waals surface area contributed by atoms with E-state index in [0.29, 0.717) is 18.5 Å². The molecule has 0 saturated carbocycles. The number of carboxylic acids is 1. The highest BCUT2D eigenvalue weighted by Crippen LogP contribution is 2.23. The topological polar surface area (TPSA) is 101 Å². The van der Waals surface area contributed by atoms with Gasteiger partial charge in [0.05, 0.1) is 5.69 Å². The second kappa shape index (κ2) is 4.69. The fourth-order valence-electron chi connectivity index (χ4n) is 2.07. The number of sulfonamides is 1. The molecule has 7 nitrogen and oxygen atoms in total. The third-order valence-electron chi connectivity index (χ3n) is 2.85. The molecular weight excluding hydrogens is 260 g/mol. The van der Waals surface area contributed by atoms with Gasteiger partial charge in [-0.15, -0.1) is 0 Å². The van der Waals surface area contributed by atoms with Crippen molar-refractivity contribution in [1.82, 2.24) is 9.46 Å². The Morgan fingerprint density at radius 3 is 2.94 bits per heavy atom. The quantitative estimate of drug-likeness (QED) is 0.850. The first-order valence-corrected chi connectivity index (χ1v) is 7.15. The van der Waals surface area contributed by atoms with Crippen molar-refractivity contribution in [2.24, 2.45) is 0 Å². The summed E-state index contributed by atoms with van der Waals surface area (Å²) in [5, 5.41) is 12.6. The lowest BCUT2D eigenvalue weighted by Crippen LogP contribution is -2.40. The molecule has 2 rings (SSSR count). The van der Waals surface area contributed by atoms with Gasteiger partial charge in [-0.25, -0.2) is 8.42 Å². The first-order valence-electron chi connectivity index (χ1n) is 5.54. The summed E-state index contributed by atoms with van der Waals surface area (Å²) >= 11 is 0. The van der Waals surface area contributed by atoms with Gasteiger partial charge in [0.25, 0.3) is 0 Å². The van der Waals surface area contributed by atoms with Crippen LogP contribution in [0.25, 0.3) is 0 Å². The molecule has 1 aliphatic rings. The Balaban J connectivity index is 2.18. The highest BCUT2D eigenvalue weighted by atomic mass is 32.2. The third-order valence-corrected chi connectivity index (χ3v) is 4.65. The molecule has 0 amide bonds. The lowest BCUT2D eigenvalue weighted by Gasteiger charge is -2.19. The van der Waals surface area contributed by atoms with E-state index in [1.54, 1.807) is 6.92 Å². The molecule has 1 fully saturated rings. The van der Waals surface area contributed by atoms with E-state index in [1.165, 1.54) is 6.07 Å². The second-order valence-corrected chi connectivity index (χ2v) is 6.22. The van der Waals surface area contributed by atoms with E-state index in [-0.39, 0.29) is 18.1 Å². The zero-order valence-electron chi connectivity index (χ0n) is 9.87. The van der Waals surface area contributed by atoms with Crippen LogP contribution in [0.2, 0.25) is 0 Å². The van der Waals surface area contributed by atoms with Crippen molar-refractivity contribution in [2.75, 3.05) is 6.54 Å². The van der Waals surface area contributed by atoms with E-state index in [0.717, 1.165) is 4.31 Å². The fourth-order valence-corrected chi connectivity index (χ4v) is 3.72. The summed E-state index contributed by atoms with van der Waals surface area (Å²) < 4.78 is 30.1. The summed E-state index contributed by atoms with van der Waals surface area (Å²) in [6.07, 6.45) is 0.912. The van der Waals surface area contributed by atoms with Crippen molar-refractivity contribution in [2.45, 2.75) is 31.6 Å². The van der Waals surface area contributed by atoms with Crippen LogP contribution in [0.5, 0.6) is 0 Å². The predicted molar refractivity (Wildman–Crippen MR) is 61.2 cm³/mol. The van der Waals surface area contributed by atoms with Crippen LogP contribution in [0.4, 0.5) is 0 Å². The number of hydrogen-bond donors (Lipinski definition) is 1. The molecule has 2 heterocycles. The van der Waals surface area contributed by atoms with Gasteiger partial charge < -0.3 is 9.63 Å². The molecule has 100 valence electrons. The van der Waals surface area contributed by atoms with Crippen molar-refractivity contribution in [3.05, 3.63) is 17.5 Å². The number of rotatable bonds is 4. The van der Waals surface area contributed by atoms with Gasteiger partial charge in [-0.2, -0.15) is 4.31 Å². The molecule has 0 bridgehead atoms. The van der Waals surface area contributed by atoms with Gasteiger partial charge in [-0.3, -0.25) is 4.79 Å². The van der Waals surface area contributed by atoms with Crippen LogP contribution in [0.3, 0.4) is 0 Å². The third kappa shape index (κ3) is 2.54.